The van der Waals surface area contributed by atoms with Crippen LogP contribution >= 0.6 is 0 Å². The molecule has 0 heterocycles. The van der Waals surface area contributed by atoms with Crippen LogP contribution in [0.15, 0.2) is 47.6 Å². The molecule has 170 valence electrons. The summed E-state index contributed by atoms with van der Waals surface area (Å²) in [5.74, 6) is 0.213. The summed E-state index contributed by atoms with van der Waals surface area (Å²) in [5.41, 5.74) is 8.96. The van der Waals surface area contributed by atoms with Crippen LogP contribution in [-0.2, 0) is 20.8 Å². The van der Waals surface area contributed by atoms with Gasteiger partial charge in [-0.1, -0.05) is 6.07 Å². The molecule has 0 atom stereocenters. The molecule has 2 aromatic rings. The van der Waals surface area contributed by atoms with Crippen LogP contribution in [0.5, 0.6) is 17.2 Å². The van der Waals surface area contributed by atoms with Crippen molar-refractivity contribution in [2.45, 2.75) is 12.8 Å². The van der Waals surface area contributed by atoms with Gasteiger partial charge >= 0.3 is 0 Å². The van der Waals surface area contributed by atoms with Gasteiger partial charge in [-0.15, -0.1) is 0 Å². The number of primary amides is 1. The van der Waals surface area contributed by atoms with E-state index in [0.29, 0.717) is 35.8 Å². The van der Waals surface area contributed by atoms with Crippen molar-refractivity contribution in [3.05, 3.63) is 53.6 Å². The van der Waals surface area contributed by atoms with Gasteiger partial charge in [0, 0.05) is 6.54 Å². The quantitative estimate of drug-likeness (QED) is 0.252. The second-order valence-electron chi connectivity index (χ2n) is 6.58. The highest BCUT2D eigenvalue weighted by molar-refractivity contribution is 5.97. The lowest BCUT2D eigenvalue weighted by molar-refractivity contribution is -0.129. The molecule has 0 spiro atoms. The molecule has 0 radical (unpaired) electrons. The van der Waals surface area contributed by atoms with Crippen LogP contribution in [0.1, 0.15) is 17.5 Å². The average Bonchev–Trinajstić information content (AvgIpc) is 2.78. The largest absolute Gasteiger partial charge is 0.493 e. The number of nitrogens with one attached hydrogen (secondary N) is 2. The Bertz CT molecular complexity index is 959. The SMILES string of the molecule is COc1ccc(CCNC(=O)CC(=O)N/N=C/c2ccc(OCC(N)=O)cc2)cc1OC. The van der Waals surface area contributed by atoms with Gasteiger partial charge in [-0.05, 0) is 53.9 Å². The van der Waals surface area contributed by atoms with E-state index in [4.69, 9.17) is 19.9 Å². The van der Waals surface area contributed by atoms with Gasteiger partial charge in [0.1, 0.15) is 12.2 Å². The van der Waals surface area contributed by atoms with Gasteiger partial charge in [0.15, 0.2) is 18.1 Å². The second kappa shape index (κ2) is 12.6. The number of benzene rings is 2. The van der Waals surface area contributed by atoms with Crippen LogP contribution in [0.2, 0.25) is 0 Å². The summed E-state index contributed by atoms with van der Waals surface area (Å²) in [5, 5.41) is 6.51. The maximum atomic E-state index is 11.9. The first-order chi connectivity index (χ1) is 15.4. The Morgan fingerprint density at radius 1 is 1.00 bits per heavy atom. The monoisotopic (exact) mass is 442 g/mol. The van der Waals surface area contributed by atoms with Crippen molar-refractivity contribution in [3.63, 3.8) is 0 Å². The summed E-state index contributed by atoms with van der Waals surface area (Å²) in [6.45, 7) is 0.162. The summed E-state index contributed by atoms with van der Waals surface area (Å²) in [7, 11) is 3.12. The van der Waals surface area contributed by atoms with Crippen LogP contribution < -0.4 is 30.7 Å². The van der Waals surface area contributed by atoms with Gasteiger partial charge in [-0.25, -0.2) is 5.43 Å². The highest BCUT2D eigenvalue weighted by Gasteiger charge is 2.09. The van der Waals surface area contributed by atoms with Crippen molar-refractivity contribution in [2.24, 2.45) is 10.8 Å². The van der Waals surface area contributed by atoms with Crippen LogP contribution in [0.4, 0.5) is 0 Å². The van der Waals surface area contributed by atoms with Crippen molar-refractivity contribution in [1.82, 2.24) is 10.7 Å². The fourth-order valence-corrected chi connectivity index (χ4v) is 2.61. The average molecular weight is 442 g/mol. The maximum Gasteiger partial charge on any atom is 0.255 e. The Balaban J connectivity index is 1.70. The molecule has 2 rings (SSSR count). The first kappa shape index (κ1) is 24.2. The molecule has 10 nitrogen and oxygen atoms in total. The molecular formula is C22H26N4O6. The Labute approximate surface area is 185 Å². The van der Waals surface area contributed by atoms with E-state index in [1.54, 1.807) is 44.6 Å². The minimum atomic E-state index is -0.566. The zero-order chi connectivity index (χ0) is 23.3. The fraction of sp³-hybridized carbons (Fsp3) is 0.273. The number of hydrogen-bond donors (Lipinski definition) is 3. The molecule has 3 amide bonds. The predicted molar refractivity (Wildman–Crippen MR) is 118 cm³/mol. The third kappa shape index (κ3) is 8.34. The third-order valence-electron chi connectivity index (χ3n) is 4.17. The first-order valence-corrected chi connectivity index (χ1v) is 9.72. The lowest BCUT2D eigenvalue weighted by Gasteiger charge is -2.10. The smallest absolute Gasteiger partial charge is 0.255 e. The van der Waals surface area contributed by atoms with Crippen LogP contribution in [-0.4, -0.2) is 51.3 Å². The standard InChI is InChI=1S/C22H26N4O6/c1-30-18-8-5-15(11-19(18)31-2)9-10-24-21(28)12-22(29)26-25-13-16-3-6-17(7-4-16)32-14-20(23)27/h3-8,11,13H,9-10,12,14H2,1-2H3,(H2,23,27)(H,24,28)(H,26,29)/b25-13+. The highest BCUT2D eigenvalue weighted by atomic mass is 16.5. The van der Waals surface area contributed by atoms with Crippen molar-refractivity contribution in [1.29, 1.82) is 0 Å². The van der Waals surface area contributed by atoms with E-state index in [2.05, 4.69) is 15.8 Å². The number of hydrazone groups is 1. The molecule has 0 bridgehead atoms. The number of hydrogen-bond acceptors (Lipinski definition) is 7. The normalized spacial score (nSPS) is 10.4. The maximum absolute atomic E-state index is 11.9. The van der Waals surface area contributed by atoms with Gasteiger partial charge in [0.25, 0.3) is 5.91 Å². The van der Waals surface area contributed by atoms with E-state index >= 15 is 0 Å². The molecular weight excluding hydrogens is 416 g/mol. The number of carbonyl (C=O) groups is 3. The molecule has 32 heavy (non-hydrogen) atoms. The van der Waals surface area contributed by atoms with Crippen molar-refractivity contribution >= 4 is 23.9 Å². The first-order valence-electron chi connectivity index (χ1n) is 9.72. The van der Waals surface area contributed by atoms with E-state index in [9.17, 15) is 14.4 Å². The molecule has 0 unspecified atom stereocenters. The fourth-order valence-electron chi connectivity index (χ4n) is 2.61. The Morgan fingerprint density at radius 2 is 1.72 bits per heavy atom. The molecule has 0 saturated carbocycles. The summed E-state index contributed by atoms with van der Waals surface area (Å²) >= 11 is 0. The number of nitrogens with two attached hydrogens (primary N) is 1. The summed E-state index contributed by atoms with van der Waals surface area (Å²) in [4.78, 5) is 34.5. The van der Waals surface area contributed by atoms with Gasteiger partial charge in [0.2, 0.25) is 11.8 Å². The van der Waals surface area contributed by atoms with Gasteiger partial charge < -0.3 is 25.3 Å². The zero-order valence-corrected chi connectivity index (χ0v) is 17.9. The van der Waals surface area contributed by atoms with Crippen molar-refractivity contribution in [2.75, 3.05) is 27.4 Å². The van der Waals surface area contributed by atoms with E-state index in [-0.39, 0.29) is 13.0 Å². The number of amides is 3. The number of rotatable bonds is 12. The number of carbonyl (C=O) groups excluding carboxylic acids is 3. The Kier molecular flexibility index (Phi) is 9.51. The minimum Gasteiger partial charge on any atom is -0.493 e. The number of ether oxygens (including phenoxy) is 3. The minimum absolute atomic E-state index is 0.208. The van der Waals surface area contributed by atoms with Crippen LogP contribution in [0, 0.1) is 0 Å². The topological polar surface area (TPSA) is 141 Å². The van der Waals surface area contributed by atoms with Crippen LogP contribution in [0.25, 0.3) is 0 Å². The lowest BCUT2D eigenvalue weighted by atomic mass is 10.1. The zero-order valence-electron chi connectivity index (χ0n) is 17.9. The summed E-state index contributed by atoms with van der Waals surface area (Å²) < 4.78 is 15.6. The van der Waals surface area contributed by atoms with E-state index < -0.39 is 17.7 Å². The van der Waals surface area contributed by atoms with E-state index in [0.717, 1.165) is 5.56 Å². The van der Waals surface area contributed by atoms with E-state index in [1.807, 2.05) is 12.1 Å². The molecule has 0 fully saturated rings. The number of nitrogens with zero attached hydrogens (tertiary/aromatic N) is 1. The molecule has 4 N–H and O–H groups in total. The molecule has 0 aliphatic carbocycles. The molecule has 0 aliphatic heterocycles. The van der Waals surface area contributed by atoms with Gasteiger partial charge in [-0.3, -0.25) is 14.4 Å². The highest BCUT2D eigenvalue weighted by Crippen LogP contribution is 2.27. The summed E-state index contributed by atoms with van der Waals surface area (Å²) in [6, 6.07) is 12.2. The van der Waals surface area contributed by atoms with E-state index in [1.165, 1.54) is 6.21 Å². The Hall–Kier alpha value is -4.08. The molecule has 0 aromatic heterocycles. The van der Waals surface area contributed by atoms with Gasteiger partial charge in [-0.2, -0.15) is 5.10 Å². The third-order valence-corrected chi connectivity index (χ3v) is 4.17. The number of methoxy groups -OCH3 is 2. The van der Waals surface area contributed by atoms with Crippen LogP contribution in [0.3, 0.4) is 0 Å². The van der Waals surface area contributed by atoms with Gasteiger partial charge in [0.05, 0.1) is 20.4 Å². The molecule has 0 saturated heterocycles. The molecule has 2 aromatic carbocycles. The van der Waals surface area contributed by atoms with Crippen molar-refractivity contribution < 1.29 is 28.6 Å². The Morgan fingerprint density at radius 3 is 2.38 bits per heavy atom. The lowest BCUT2D eigenvalue weighted by Crippen LogP contribution is -2.31. The molecule has 10 heteroatoms. The second-order valence-corrected chi connectivity index (χ2v) is 6.58. The summed E-state index contributed by atoms with van der Waals surface area (Å²) in [6.07, 6.45) is 1.65. The predicted octanol–water partition coefficient (Wildman–Crippen LogP) is 0.767. The van der Waals surface area contributed by atoms with Crippen molar-refractivity contribution in [3.8, 4) is 17.2 Å². The molecule has 0 aliphatic rings.